The monoisotopic (exact) mass is 222 g/mol. The van der Waals surface area contributed by atoms with Crippen LogP contribution in [0.5, 0.6) is 5.75 Å². The van der Waals surface area contributed by atoms with Crippen molar-refractivity contribution in [1.29, 1.82) is 0 Å². The van der Waals surface area contributed by atoms with E-state index in [0.717, 1.165) is 11.0 Å². The van der Waals surface area contributed by atoms with Gasteiger partial charge >= 0.3 is 0 Å². The van der Waals surface area contributed by atoms with Crippen molar-refractivity contribution in [2.45, 2.75) is 6.42 Å². The van der Waals surface area contributed by atoms with E-state index in [1.54, 1.807) is 7.11 Å². The Balaban J connectivity index is 2.73. The molecule has 0 heterocycles. The van der Waals surface area contributed by atoms with Crippen molar-refractivity contribution in [2.24, 2.45) is 0 Å². The van der Waals surface area contributed by atoms with Gasteiger partial charge in [-0.15, -0.1) is 0 Å². The van der Waals surface area contributed by atoms with Crippen molar-refractivity contribution in [3.63, 3.8) is 0 Å². The number of ether oxygens (including phenoxy) is 1. The normalized spacial score (nSPS) is 11.2. The first kappa shape index (κ1) is 12.7. The van der Waals surface area contributed by atoms with Gasteiger partial charge < -0.3 is 9.22 Å². The van der Waals surface area contributed by atoms with E-state index in [1.807, 2.05) is 24.3 Å². The van der Waals surface area contributed by atoms with Crippen LogP contribution in [0, 0.1) is 0 Å². The second-order valence-corrected chi connectivity index (χ2v) is 4.89. The largest absolute Gasteiger partial charge is 0.496 e. The van der Waals surface area contributed by atoms with Crippen LogP contribution < -0.4 is 4.74 Å². The van der Waals surface area contributed by atoms with Crippen LogP contribution >= 0.6 is 0 Å². The van der Waals surface area contributed by atoms with Crippen molar-refractivity contribution in [3.05, 3.63) is 29.8 Å². The van der Waals surface area contributed by atoms with Crippen LogP contribution in [0.25, 0.3) is 0 Å². The number of hydrogen-bond donors (Lipinski definition) is 0. The van der Waals surface area contributed by atoms with Crippen molar-refractivity contribution >= 4 is 5.78 Å². The first-order chi connectivity index (χ1) is 7.44. The van der Waals surface area contributed by atoms with E-state index in [1.165, 1.54) is 0 Å². The fourth-order valence-electron chi connectivity index (χ4n) is 1.45. The van der Waals surface area contributed by atoms with Crippen molar-refractivity contribution < 1.29 is 14.0 Å². The summed E-state index contributed by atoms with van der Waals surface area (Å²) in [4.78, 5) is 12.0. The van der Waals surface area contributed by atoms with E-state index in [2.05, 4.69) is 21.1 Å². The number of ketones is 1. The summed E-state index contributed by atoms with van der Waals surface area (Å²) in [6.45, 7) is 0.830. The number of carbonyl (C=O) groups excluding carboxylic acids is 1. The van der Waals surface area contributed by atoms with Crippen LogP contribution in [0.3, 0.4) is 0 Å². The Bertz CT molecular complexity index is 366. The van der Waals surface area contributed by atoms with Gasteiger partial charge in [-0.1, -0.05) is 12.1 Å². The minimum Gasteiger partial charge on any atom is -0.496 e. The lowest BCUT2D eigenvalue weighted by atomic mass is 10.1. The molecule has 0 unspecified atom stereocenters. The molecular weight excluding hydrogens is 202 g/mol. The molecule has 3 nitrogen and oxygen atoms in total. The molecule has 88 valence electrons. The minimum absolute atomic E-state index is 0.144. The van der Waals surface area contributed by atoms with Gasteiger partial charge in [0.2, 0.25) is 0 Å². The predicted octanol–water partition coefficient (Wildman–Crippen LogP) is 1.97. The summed E-state index contributed by atoms with van der Waals surface area (Å²) in [5, 5.41) is 0. The Morgan fingerprint density at radius 2 is 1.88 bits per heavy atom. The highest BCUT2D eigenvalue weighted by atomic mass is 16.5. The second-order valence-electron chi connectivity index (χ2n) is 4.89. The van der Waals surface area contributed by atoms with Gasteiger partial charge in [0.1, 0.15) is 5.75 Å². The number of hydrogen-bond acceptors (Lipinski definition) is 2. The van der Waals surface area contributed by atoms with Gasteiger partial charge in [-0.25, -0.2) is 0 Å². The summed E-state index contributed by atoms with van der Waals surface area (Å²) in [5.74, 6) is 0.805. The molecule has 1 aromatic rings. The molecule has 0 aliphatic rings. The van der Waals surface area contributed by atoms with E-state index in [-0.39, 0.29) is 5.78 Å². The molecule has 0 aliphatic carbocycles. The molecule has 0 N–H and O–H groups in total. The Hall–Kier alpha value is -1.35. The molecule has 0 bridgehead atoms. The molecular formula is C13H20NO2+. The fraction of sp³-hybridized carbons (Fsp3) is 0.462. The van der Waals surface area contributed by atoms with Crippen LogP contribution in [0.1, 0.15) is 16.8 Å². The highest BCUT2D eigenvalue weighted by molar-refractivity contribution is 5.98. The van der Waals surface area contributed by atoms with Crippen LogP contribution in [0.2, 0.25) is 0 Å². The van der Waals surface area contributed by atoms with E-state index in [0.29, 0.717) is 17.7 Å². The Labute approximate surface area is 97.2 Å². The number of nitrogens with zero attached hydrogens (tertiary/aromatic N) is 1. The van der Waals surface area contributed by atoms with E-state index in [9.17, 15) is 4.79 Å². The lowest BCUT2D eigenvalue weighted by Crippen LogP contribution is -2.36. The average Bonchev–Trinajstić information content (AvgIpc) is 2.25. The molecule has 0 aliphatic heterocycles. The molecule has 0 aromatic heterocycles. The highest BCUT2D eigenvalue weighted by Gasteiger charge is 2.15. The maximum absolute atomic E-state index is 12.0. The third-order valence-electron chi connectivity index (χ3n) is 2.42. The van der Waals surface area contributed by atoms with E-state index >= 15 is 0 Å². The maximum Gasteiger partial charge on any atom is 0.172 e. The molecule has 1 rings (SSSR count). The zero-order chi connectivity index (χ0) is 12.2. The smallest absolute Gasteiger partial charge is 0.172 e. The van der Waals surface area contributed by atoms with E-state index < -0.39 is 0 Å². The topological polar surface area (TPSA) is 26.3 Å². The fourth-order valence-corrected chi connectivity index (χ4v) is 1.45. The van der Waals surface area contributed by atoms with Gasteiger partial charge in [0, 0.05) is 0 Å². The first-order valence-electron chi connectivity index (χ1n) is 5.41. The number of Topliss-reactive ketones (excluding diaryl/α,β-unsaturated/α-hetero) is 1. The van der Waals surface area contributed by atoms with Crippen LogP contribution in [0.4, 0.5) is 0 Å². The second kappa shape index (κ2) is 5.12. The average molecular weight is 222 g/mol. The van der Waals surface area contributed by atoms with Crippen LogP contribution in [0.15, 0.2) is 24.3 Å². The van der Waals surface area contributed by atoms with E-state index in [4.69, 9.17) is 4.74 Å². The van der Waals surface area contributed by atoms with Crippen LogP contribution in [-0.4, -0.2) is 45.1 Å². The minimum atomic E-state index is 0.144. The Morgan fingerprint density at radius 1 is 1.25 bits per heavy atom. The van der Waals surface area contributed by atoms with Gasteiger partial charge in [-0.3, -0.25) is 4.79 Å². The molecule has 0 saturated carbocycles. The number of methoxy groups -OCH3 is 1. The number of benzene rings is 1. The summed E-state index contributed by atoms with van der Waals surface area (Å²) in [7, 11) is 7.83. The SMILES string of the molecule is COc1ccccc1C(=O)CC[N+](C)(C)C. The van der Waals surface area contributed by atoms with Gasteiger partial charge in [0.05, 0.1) is 46.8 Å². The molecule has 3 heteroatoms. The summed E-state index contributed by atoms with van der Waals surface area (Å²) in [6.07, 6.45) is 0.546. The molecule has 1 aromatic carbocycles. The number of quaternary nitrogens is 1. The molecule has 0 amide bonds. The third kappa shape index (κ3) is 3.66. The first-order valence-corrected chi connectivity index (χ1v) is 5.41. The quantitative estimate of drug-likeness (QED) is 0.562. The number of para-hydroxylation sites is 1. The summed E-state index contributed by atoms with van der Waals surface area (Å²) in [5.41, 5.74) is 0.679. The zero-order valence-corrected chi connectivity index (χ0v) is 10.5. The standard InChI is InChI=1S/C13H20NO2/c1-14(2,3)10-9-12(15)11-7-5-6-8-13(11)16-4/h5-8H,9-10H2,1-4H3/q+1. The number of rotatable bonds is 5. The van der Waals surface area contributed by atoms with Crippen molar-refractivity contribution in [1.82, 2.24) is 0 Å². The maximum atomic E-state index is 12.0. The third-order valence-corrected chi connectivity index (χ3v) is 2.42. The summed E-state index contributed by atoms with van der Waals surface area (Å²) >= 11 is 0. The zero-order valence-electron chi connectivity index (χ0n) is 10.5. The van der Waals surface area contributed by atoms with Gasteiger partial charge in [-0.05, 0) is 12.1 Å². The molecule has 16 heavy (non-hydrogen) atoms. The molecule has 0 radical (unpaired) electrons. The summed E-state index contributed by atoms with van der Waals surface area (Å²) in [6, 6.07) is 7.37. The van der Waals surface area contributed by atoms with Gasteiger partial charge in [-0.2, -0.15) is 0 Å². The lowest BCUT2D eigenvalue weighted by molar-refractivity contribution is -0.869. The molecule has 0 fully saturated rings. The Morgan fingerprint density at radius 3 is 2.44 bits per heavy atom. The van der Waals surface area contributed by atoms with Crippen molar-refractivity contribution in [3.8, 4) is 5.75 Å². The molecule has 0 atom stereocenters. The lowest BCUT2D eigenvalue weighted by Gasteiger charge is -2.23. The molecule has 0 saturated heterocycles. The Kier molecular flexibility index (Phi) is 4.07. The number of carbonyl (C=O) groups is 1. The van der Waals surface area contributed by atoms with Gasteiger partial charge in [0.15, 0.2) is 5.78 Å². The van der Waals surface area contributed by atoms with Crippen molar-refractivity contribution in [2.75, 3.05) is 34.8 Å². The van der Waals surface area contributed by atoms with Crippen LogP contribution in [-0.2, 0) is 0 Å². The summed E-state index contributed by atoms with van der Waals surface area (Å²) < 4.78 is 5.97. The van der Waals surface area contributed by atoms with Gasteiger partial charge in [0.25, 0.3) is 0 Å². The predicted molar refractivity (Wildman–Crippen MR) is 64.8 cm³/mol. The molecule has 0 spiro atoms. The highest BCUT2D eigenvalue weighted by Crippen LogP contribution is 2.19.